The van der Waals surface area contributed by atoms with Crippen LogP contribution in [0.2, 0.25) is 0 Å². The van der Waals surface area contributed by atoms with Crippen LogP contribution in [0.4, 0.5) is 0 Å². The average molecular weight is 784 g/mol. The maximum atomic E-state index is 13.7. The van der Waals surface area contributed by atoms with Gasteiger partial charge in [-0.3, -0.25) is 38.9 Å². The first-order valence-electron chi connectivity index (χ1n) is 18.2. The molecule has 0 saturated heterocycles. The van der Waals surface area contributed by atoms with Gasteiger partial charge in [-0.1, -0.05) is 41.5 Å². The molecule has 0 fully saturated rings. The maximum Gasteiger partial charge on any atom is 0.326 e. The minimum absolute atomic E-state index is 0.00882. The molecular weight excluding hydrogens is 718 g/mol. The van der Waals surface area contributed by atoms with Crippen molar-refractivity contribution >= 4 is 53.4 Å². The number of carboxylic acid groups (broad SMARTS) is 1. The van der Waals surface area contributed by atoms with Crippen molar-refractivity contribution in [2.24, 2.45) is 72.9 Å². The van der Waals surface area contributed by atoms with Crippen LogP contribution in [0, 0.1) is 17.8 Å². The van der Waals surface area contributed by atoms with E-state index in [4.69, 9.17) is 40.1 Å². The van der Waals surface area contributed by atoms with Gasteiger partial charge in [0.2, 0.25) is 29.5 Å². The Morgan fingerprint density at radius 1 is 0.473 bits per heavy atom. The van der Waals surface area contributed by atoms with Crippen LogP contribution >= 0.6 is 0 Å². The monoisotopic (exact) mass is 784 g/mol. The number of carbonyl (C=O) groups is 6. The molecule has 0 aliphatic carbocycles. The molecule has 0 aromatic rings. The van der Waals surface area contributed by atoms with Crippen LogP contribution in [-0.2, 0) is 28.8 Å². The molecule has 0 saturated carbocycles. The van der Waals surface area contributed by atoms with Crippen molar-refractivity contribution in [3.8, 4) is 0 Å². The van der Waals surface area contributed by atoms with Crippen molar-refractivity contribution in [3.63, 3.8) is 0 Å². The van der Waals surface area contributed by atoms with Gasteiger partial charge in [0.1, 0.15) is 30.2 Å². The summed E-state index contributed by atoms with van der Waals surface area (Å²) in [6.45, 7) is 10.6. The maximum absolute atomic E-state index is 13.7. The molecule has 0 aliphatic heterocycles. The first kappa shape index (κ1) is 49.6. The molecule has 22 nitrogen and oxygen atoms in total. The van der Waals surface area contributed by atoms with Gasteiger partial charge < -0.3 is 71.8 Å². The summed E-state index contributed by atoms with van der Waals surface area (Å²) in [5.74, 6) is -6.47. The molecule has 0 rings (SSSR count). The Hall–Kier alpha value is -5.41. The lowest BCUT2D eigenvalue weighted by atomic mass is 9.98. The number of amides is 5. The molecule has 22 heteroatoms. The van der Waals surface area contributed by atoms with E-state index in [-0.39, 0.29) is 75.5 Å². The molecule has 5 amide bonds. The van der Waals surface area contributed by atoms with E-state index in [1.807, 2.05) is 0 Å². The number of nitrogens with one attached hydrogen (secondary N) is 5. The number of hydrogen-bond acceptors (Lipinski definition) is 10. The molecule has 0 heterocycles. The second-order valence-electron chi connectivity index (χ2n) is 14.1. The third-order valence-corrected chi connectivity index (χ3v) is 8.23. The molecule has 55 heavy (non-hydrogen) atoms. The standard InChI is InChI=1S/C33H65N15O7/c1-16(2)22(34)27(51)44-20(11-8-14-42-32(37)38)26(50)47-24(18(5)6)29(53)48-23(17(3)4)28(52)45-19(10-7-13-41-31(35)36)25(49)46-21(30(54)55)12-9-15-43-33(39)40/h16-24H,7-15,34H2,1-6H3,(H,44,51)(H,45,52)(H,46,49)(H,47,50)(H,48,53)(H,54,55)(H4,35,36,41)(H4,37,38,42)(H4,39,40,43)/t19-,20-,21-,22-,23-,24-/m0/s1. The lowest BCUT2D eigenvalue weighted by Crippen LogP contribution is -2.61. The highest BCUT2D eigenvalue weighted by Gasteiger charge is 2.35. The smallest absolute Gasteiger partial charge is 0.326 e. The highest BCUT2D eigenvalue weighted by Crippen LogP contribution is 2.11. The summed E-state index contributed by atoms with van der Waals surface area (Å²) in [4.78, 5) is 90.8. The number of carboxylic acids is 1. The second kappa shape index (κ2) is 25.6. The third-order valence-electron chi connectivity index (χ3n) is 8.23. The zero-order chi connectivity index (χ0) is 42.4. The Morgan fingerprint density at radius 3 is 1.13 bits per heavy atom. The van der Waals surface area contributed by atoms with Gasteiger partial charge in [-0.05, 0) is 56.3 Å². The Balaban J connectivity index is 6.17. The summed E-state index contributed by atoms with van der Waals surface area (Å²) in [6.07, 6.45) is 0.897. The van der Waals surface area contributed by atoms with E-state index in [9.17, 15) is 33.9 Å². The molecule has 0 unspecified atom stereocenters. The highest BCUT2D eigenvalue weighted by atomic mass is 16.4. The molecule has 0 aromatic heterocycles. The van der Waals surface area contributed by atoms with Gasteiger partial charge in [-0.15, -0.1) is 0 Å². The lowest BCUT2D eigenvalue weighted by molar-refractivity contribution is -0.142. The molecule has 0 bridgehead atoms. The highest BCUT2D eigenvalue weighted by molar-refractivity contribution is 5.96. The number of carbonyl (C=O) groups excluding carboxylic acids is 5. The SMILES string of the molecule is CC(C)[C@H](N)C(=O)N[C@@H](CCCN=C(N)N)C(=O)N[C@H](C(=O)N[C@H](C(=O)N[C@@H](CCCN=C(N)N)C(=O)N[C@@H](CCCN=C(N)N)C(=O)O)C(C)C)C(C)C. The topological polar surface area (TPSA) is 402 Å². The molecule has 0 aliphatic rings. The molecule has 0 spiro atoms. The fraction of sp³-hybridized carbons (Fsp3) is 0.727. The van der Waals surface area contributed by atoms with Crippen LogP contribution < -0.4 is 66.7 Å². The van der Waals surface area contributed by atoms with Gasteiger partial charge in [-0.2, -0.15) is 0 Å². The summed E-state index contributed by atoms with van der Waals surface area (Å²) >= 11 is 0. The quantitative estimate of drug-likeness (QED) is 0.0226. The van der Waals surface area contributed by atoms with E-state index in [0.29, 0.717) is 6.42 Å². The van der Waals surface area contributed by atoms with Crippen molar-refractivity contribution < 1.29 is 33.9 Å². The third kappa shape index (κ3) is 20.6. The molecule has 314 valence electrons. The second-order valence-corrected chi connectivity index (χ2v) is 14.1. The first-order valence-corrected chi connectivity index (χ1v) is 18.2. The van der Waals surface area contributed by atoms with Gasteiger partial charge in [0.25, 0.3) is 0 Å². The fourth-order valence-electron chi connectivity index (χ4n) is 4.98. The summed E-state index contributed by atoms with van der Waals surface area (Å²) in [6, 6.07) is -6.93. The van der Waals surface area contributed by atoms with Crippen LogP contribution in [0.25, 0.3) is 0 Å². The number of hydrogen-bond donors (Lipinski definition) is 13. The first-order chi connectivity index (χ1) is 25.6. The largest absolute Gasteiger partial charge is 0.480 e. The van der Waals surface area contributed by atoms with E-state index in [1.54, 1.807) is 41.5 Å². The number of nitrogens with two attached hydrogens (primary N) is 7. The van der Waals surface area contributed by atoms with Gasteiger partial charge >= 0.3 is 5.97 Å². The van der Waals surface area contributed by atoms with Crippen molar-refractivity contribution in [3.05, 3.63) is 0 Å². The summed E-state index contributed by atoms with van der Waals surface area (Å²) in [5.41, 5.74) is 38.2. The summed E-state index contributed by atoms with van der Waals surface area (Å²) in [5, 5.41) is 22.8. The van der Waals surface area contributed by atoms with Crippen molar-refractivity contribution in [1.29, 1.82) is 0 Å². The average Bonchev–Trinajstić information content (AvgIpc) is 3.08. The zero-order valence-electron chi connectivity index (χ0n) is 32.8. The van der Waals surface area contributed by atoms with E-state index in [1.165, 1.54) is 0 Å². The molecule has 0 radical (unpaired) electrons. The van der Waals surface area contributed by atoms with Gasteiger partial charge in [0.05, 0.1) is 6.04 Å². The van der Waals surface area contributed by atoms with E-state index in [0.717, 1.165) is 0 Å². The normalized spacial score (nSPS) is 14.3. The van der Waals surface area contributed by atoms with Gasteiger partial charge in [0, 0.05) is 19.6 Å². The van der Waals surface area contributed by atoms with Crippen LogP contribution in [-0.4, -0.2) is 114 Å². The van der Waals surface area contributed by atoms with Crippen LogP contribution in [0.5, 0.6) is 0 Å². The van der Waals surface area contributed by atoms with E-state index >= 15 is 0 Å². The number of guanidine groups is 3. The minimum Gasteiger partial charge on any atom is -0.480 e. The van der Waals surface area contributed by atoms with E-state index < -0.39 is 83.6 Å². The Bertz CT molecular complexity index is 1360. The minimum atomic E-state index is -1.32. The zero-order valence-corrected chi connectivity index (χ0v) is 32.8. The van der Waals surface area contributed by atoms with Gasteiger partial charge in [-0.25, -0.2) is 4.79 Å². The van der Waals surface area contributed by atoms with Gasteiger partial charge in [0.15, 0.2) is 17.9 Å². The lowest BCUT2D eigenvalue weighted by Gasteiger charge is -2.30. The number of rotatable bonds is 26. The molecule has 6 atom stereocenters. The Labute approximate surface area is 322 Å². The van der Waals surface area contributed by atoms with Crippen molar-refractivity contribution in [2.45, 2.75) is 116 Å². The predicted octanol–water partition coefficient (Wildman–Crippen LogP) is -4.05. The predicted molar refractivity (Wildman–Crippen MR) is 210 cm³/mol. The van der Waals surface area contributed by atoms with Crippen molar-refractivity contribution in [1.82, 2.24) is 26.6 Å². The molecule has 0 aromatic carbocycles. The molecule has 20 N–H and O–H groups in total. The van der Waals surface area contributed by atoms with E-state index in [2.05, 4.69) is 41.6 Å². The fourth-order valence-corrected chi connectivity index (χ4v) is 4.98. The van der Waals surface area contributed by atoms with Crippen LogP contribution in [0.1, 0.15) is 80.1 Å². The number of aliphatic imine (C=N–C) groups is 3. The van der Waals surface area contributed by atoms with Crippen LogP contribution in [0.15, 0.2) is 15.0 Å². The Morgan fingerprint density at radius 2 is 0.782 bits per heavy atom. The van der Waals surface area contributed by atoms with Crippen molar-refractivity contribution in [2.75, 3.05) is 19.6 Å². The molecular formula is C33H65N15O7. The Kier molecular flexibility index (Phi) is 23.1. The van der Waals surface area contributed by atoms with Crippen LogP contribution in [0.3, 0.4) is 0 Å². The number of nitrogens with zero attached hydrogens (tertiary/aromatic N) is 3. The summed E-state index contributed by atoms with van der Waals surface area (Å²) < 4.78 is 0. The summed E-state index contributed by atoms with van der Waals surface area (Å²) in [7, 11) is 0. The number of aliphatic carboxylic acids is 1.